The van der Waals surface area contributed by atoms with Crippen LogP contribution in [0.3, 0.4) is 0 Å². The average molecular weight is 331 g/mol. The van der Waals surface area contributed by atoms with Gasteiger partial charge in [0.15, 0.2) is 0 Å². The maximum absolute atomic E-state index is 12.5. The predicted octanol–water partition coefficient (Wildman–Crippen LogP) is 3.02. The Morgan fingerprint density at radius 3 is 2.52 bits per heavy atom. The molecule has 120 valence electrons. The number of thiophene rings is 1. The van der Waals surface area contributed by atoms with Crippen molar-refractivity contribution in [3.05, 3.63) is 16.5 Å². The van der Waals surface area contributed by atoms with E-state index in [0.29, 0.717) is 16.2 Å². The van der Waals surface area contributed by atoms with Crippen molar-refractivity contribution in [2.45, 2.75) is 63.3 Å². The van der Waals surface area contributed by atoms with Gasteiger partial charge in [-0.15, -0.1) is 11.3 Å². The lowest BCUT2D eigenvalue weighted by atomic mass is 9.76. The Hall–Kier alpha value is -0.430. The molecule has 2 N–H and O–H groups in total. The second-order valence-electron chi connectivity index (χ2n) is 6.76. The molecular weight excluding hydrogens is 304 g/mol. The highest BCUT2D eigenvalue weighted by molar-refractivity contribution is 7.91. The molecule has 0 saturated heterocycles. The lowest BCUT2D eigenvalue weighted by Crippen LogP contribution is -2.38. The van der Waals surface area contributed by atoms with Crippen molar-refractivity contribution in [3.63, 3.8) is 0 Å². The van der Waals surface area contributed by atoms with Gasteiger partial charge in [-0.2, -0.15) is 0 Å². The summed E-state index contributed by atoms with van der Waals surface area (Å²) in [5.41, 5.74) is 1.39. The molecule has 0 unspecified atom stereocenters. The summed E-state index contributed by atoms with van der Waals surface area (Å²) in [6, 6.07) is 1.87. The van der Waals surface area contributed by atoms with Gasteiger partial charge in [-0.25, -0.2) is 13.1 Å². The first-order valence-corrected chi connectivity index (χ1v) is 9.80. The number of hydrogen-bond donors (Lipinski definition) is 2. The summed E-state index contributed by atoms with van der Waals surface area (Å²) in [6.45, 7) is 7.18. The van der Waals surface area contributed by atoms with Crippen molar-refractivity contribution in [2.75, 3.05) is 7.05 Å². The smallest absolute Gasteiger partial charge is 0.250 e. The molecule has 0 atom stereocenters. The third-order valence-electron chi connectivity index (χ3n) is 4.26. The molecule has 0 aromatic carbocycles. The van der Waals surface area contributed by atoms with E-state index in [2.05, 4.69) is 23.9 Å². The van der Waals surface area contributed by atoms with Gasteiger partial charge < -0.3 is 5.32 Å². The van der Waals surface area contributed by atoms with Crippen molar-refractivity contribution in [2.24, 2.45) is 5.41 Å². The highest BCUT2D eigenvalue weighted by Crippen LogP contribution is 2.36. The van der Waals surface area contributed by atoms with Crippen LogP contribution in [0.4, 0.5) is 0 Å². The lowest BCUT2D eigenvalue weighted by molar-refractivity contribution is 0.218. The summed E-state index contributed by atoms with van der Waals surface area (Å²) < 4.78 is 28.4. The predicted molar refractivity (Wildman–Crippen MR) is 88.2 cm³/mol. The number of sulfonamides is 1. The van der Waals surface area contributed by atoms with Gasteiger partial charge in [0, 0.05) is 17.5 Å². The van der Waals surface area contributed by atoms with Crippen LogP contribution in [-0.4, -0.2) is 21.5 Å². The third-order valence-corrected chi connectivity index (χ3v) is 7.49. The Morgan fingerprint density at radius 1 is 1.33 bits per heavy atom. The van der Waals surface area contributed by atoms with Gasteiger partial charge in [0.1, 0.15) is 4.21 Å². The minimum atomic E-state index is -3.38. The molecule has 1 heterocycles. The van der Waals surface area contributed by atoms with Crippen LogP contribution in [0.5, 0.6) is 0 Å². The van der Waals surface area contributed by atoms with Crippen LogP contribution < -0.4 is 10.0 Å². The van der Waals surface area contributed by atoms with Crippen LogP contribution in [0.1, 0.15) is 50.0 Å². The minimum absolute atomic E-state index is 0.0816. The van der Waals surface area contributed by atoms with Crippen molar-refractivity contribution in [3.8, 4) is 0 Å². The largest absolute Gasteiger partial charge is 0.315 e. The summed E-state index contributed by atoms with van der Waals surface area (Å²) in [5, 5.41) is 3.08. The van der Waals surface area contributed by atoms with E-state index in [1.807, 2.05) is 14.0 Å². The average Bonchev–Trinajstić information content (AvgIpc) is 2.75. The molecule has 0 spiro atoms. The fourth-order valence-electron chi connectivity index (χ4n) is 2.75. The quantitative estimate of drug-likeness (QED) is 0.872. The molecule has 1 aliphatic rings. The van der Waals surface area contributed by atoms with Crippen molar-refractivity contribution in [1.29, 1.82) is 0 Å². The molecule has 1 fully saturated rings. The van der Waals surface area contributed by atoms with Gasteiger partial charge in [0.2, 0.25) is 10.0 Å². The second-order valence-corrected chi connectivity index (χ2v) is 9.84. The Bertz CT molecular complexity index is 581. The van der Waals surface area contributed by atoms with Crippen LogP contribution in [0.25, 0.3) is 0 Å². The molecule has 0 amide bonds. The monoisotopic (exact) mass is 330 g/mol. The fraction of sp³-hybridized carbons (Fsp3) is 0.733. The molecule has 4 nitrogen and oxygen atoms in total. The Morgan fingerprint density at radius 2 is 1.95 bits per heavy atom. The van der Waals surface area contributed by atoms with Crippen LogP contribution in [-0.2, 0) is 16.6 Å². The molecular formula is C15H26N2O2S2. The third kappa shape index (κ3) is 4.28. The highest BCUT2D eigenvalue weighted by atomic mass is 32.2. The molecule has 21 heavy (non-hydrogen) atoms. The molecule has 6 heteroatoms. The van der Waals surface area contributed by atoms with Crippen LogP contribution >= 0.6 is 11.3 Å². The van der Waals surface area contributed by atoms with E-state index in [1.165, 1.54) is 11.3 Å². The summed E-state index contributed by atoms with van der Waals surface area (Å²) >= 11 is 1.37. The lowest BCUT2D eigenvalue weighted by Gasteiger charge is -2.34. The summed E-state index contributed by atoms with van der Waals surface area (Å²) in [6.07, 6.45) is 4.02. The molecule has 1 aromatic heterocycles. The van der Waals surface area contributed by atoms with Crippen LogP contribution in [0, 0.1) is 12.3 Å². The summed E-state index contributed by atoms with van der Waals surface area (Å²) in [7, 11) is -1.51. The van der Waals surface area contributed by atoms with E-state index >= 15 is 0 Å². The first-order valence-electron chi connectivity index (χ1n) is 7.50. The SMILES string of the molecule is CNCc1sc(S(=O)(=O)NC2CCC(C)(C)CC2)cc1C. The first-order chi connectivity index (χ1) is 9.73. The molecule has 1 aromatic rings. The van der Waals surface area contributed by atoms with Gasteiger partial charge >= 0.3 is 0 Å². The van der Waals surface area contributed by atoms with E-state index in [-0.39, 0.29) is 6.04 Å². The van der Waals surface area contributed by atoms with Gasteiger partial charge in [-0.05, 0) is 56.7 Å². The molecule has 1 saturated carbocycles. The zero-order chi connectivity index (χ0) is 15.7. The molecule has 0 aliphatic heterocycles. The summed E-state index contributed by atoms with van der Waals surface area (Å²) in [4.78, 5) is 1.09. The van der Waals surface area contributed by atoms with Crippen molar-refractivity contribution >= 4 is 21.4 Å². The second kappa shape index (κ2) is 6.36. The van der Waals surface area contributed by atoms with E-state index in [1.54, 1.807) is 6.07 Å². The standard InChI is InChI=1S/C15H26N2O2S2/c1-11-9-14(20-13(11)10-16-4)21(18,19)17-12-5-7-15(2,3)8-6-12/h9,12,16-17H,5-8,10H2,1-4H3. The van der Waals surface area contributed by atoms with Crippen LogP contribution in [0.15, 0.2) is 10.3 Å². The number of aryl methyl sites for hydroxylation is 1. The molecule has 0 bridgehead atoms. The van der Waals surface area contributed by atoms with E-state index in [0.717, 1.165) is 36.1 Å². The summed E-state index contributed by atoms with van der Waals surface area (Å²) in [5.74, 6) is 0. The van der Waals surface area contributed by atoms with Crippen molar-refractivity contribution < 1.29 is 8.42 Å². The Kier molecular flexibility index (Phi) is 5.13. The molecule has 2 rings (SSSR count). The highest BCUT2D eigenvalue weighted by Gasteiger charge is 2.30. The van der Waals surface area contributed by atoms with E-state index in [9.17, 15) is 8.42 Å². The van der Waals surface area contributed by atoms with Gasteiger partial charge in [0.05, 0.1) is 0 Å². The zero-order valence-corrected chi connectivity index (χ0v) is 15.0. The maximum atomic E-state index is 12.5. The molecule has 0 radical (unpaired) electrons. The van der Waals surface area contributed by atoms with Crippen molar-refractivity contribution in [1.82, 2.24) is 10.0 Å². The van der Waals surface area contributed by atoms with Crippen LogP contribution in [0.2, 0.25) is 0 Å². The van der Waals surface area contributed by atoms with Gasteiger partial charge in [0.25, 0.3) is 0 Å². The number of rotatable bonds is 5. The first kappa shape index (κ1) is 16.9. The molecule has 1 aliphatic carbocycles. The topological polar surface area (TPSA) is 58.2 Å². The fourth-order valence-corrected chi connectivity index (χ4v) is 5.67. The van der Waals surface area contributed by atoms with E-state index in [4.69, 9.17) is 0 Å². The Balaban J connectivity index is 2.07. The minimum Gasteiger partial charge on any atom is -0.315 e. The zero-order valence-electron chi connectivity index (χ0n) is 13.3. The number of nitrogens with one attached hydrogen (secondary N) is 2. The Labute approximate surface area is 132 Å². The number of hydrogen-bond acceptors (Lipinski definition) is 4. The normalized spacial score (nSPS) is 19.8. The maximum Gasteiger partial charge on any atom is 0.250 e. The van der Waals surface area contributed by atoms with Gasteiger partial charge in [-0.1, -0.05) is 13.8 Å². The van der Waals surface area contributed by atoms with Gasteiger partial charge in [-0.3, -0.25) is 0 Å². The van der Waals surface area contributed by atoms with E-state index < -0.39 is 10.0 Å².